The minimum absolute atomic E-state index is 0.882. The second-order valence-electron chi connectivity index (χ2n) is 4.85. The van der Waals surface area contributed by atoms with Crippen LogP contribution in [-0.2, 0) is 0 Å². The lowest BCUT2D eigenvalue weighted by Gasteiger charge is -2.11. The van der Waals surface area contributed by atoms with Crippen LogP contribution in [0, 0.1) is 12.3 Å². The molecule has 1 rings (SSSR count). The summed E-state index contributed by atoms with van der Waals surface area (Å²) >= 11 is 0. The van der Waals surface area contributed by atoms with E-state index in [1.54, 1.807) is 0 Å². The summed E-state index contributed by atoms with van der Waals surface area (Å²) in [6.45, 7) is 10.2. The lowest BCUT2D eigenvalue weighted by molar-refractivity contribution is 1.04. The van der Waals surface area contributed by atoms with Crippen molar-refractivity contribution in [2.75, 3.05) is 7.05 Å². The molecule has 0 saturated heterocycles. The second kappa shape index (κ2) is 7.97. The Balaban J connectivity index is 3.33. The van der Waals surface area contributed by atoms with Crippen LogP contribution < -0.4 is 5.32 Å². The number of hydrogen-bond acceptors (Lipinski definition) is 1. The first kappa shape index (κ1) is 16.6. The fraction of sp³-hybridized carbons (Fsp3) is 0.200. The van der Waals surface area contributed by atoms with Gasteiger partial charge in [0, 0.05) is 18.3 Å². The standard InChI is InChI=1S/C20H23N/c1-7-10-19(13-15(3)21-6)16(4)17(5)20-12-9-11-18(8-2)14-20/h2,7,9-14,21H,3H2,1,4-6H3/b10-7-,17-16-,19-13+. The minimum atomic E-state index is 0.882. The van der Waals surface area contributed by atoms with E-state index in [4.69, 9.17) is 6.42 Å². The Morgan fingerprint density at radius 1 is 1.33 bits per heavy atom. The van der Waals surface area contributed by atoms with Gasteiger partial charge >= 0.3 is 0 Å². The third-order valence-corrected chi connectivity index (χ3v) is 3.45. The molecule has 0 aliphatic carbocycles. The van der Waals surface area contributed by atoms with Crippen molar-refractivity contribution < 1.29 is 0 Å². The maximum absolute atomic E-state index is 5.48. The highest BCUT2D eigenvalue weighted by molar-refractivity contribution is 5.72. The Bertz CT molecular complexity index is 649. The lowest BCUT2D eigenvalue weighted by atomic mass is 9.95. The van der Waals surface area contributed by atoms with Gasteiger partial charge in [-0.3, -0.25) is 0 Å². The Morgan fingerprint density at radius 2 is 2.05 bits per heavy atom. The highest BCUT2D eigenvalue weighted by Gasteiger charge is 2.05. The molecule has 1 aromatic carbocycles. The van der Waals surface area contributed by atoms with E-state index < -0.39 is 0 Å². The number of hydrogen-bond donors (Lipinski definition) is 1. The van der Waals surface area contributed by atoms with Gasteiger partial charge < -0.3 is 5.32 Å². The molecule has 0 aromatic heterocycles. The predicted octanol–water partition coefficient (Wildman–Crippen LogP) is 4.70. The molecule has 0 spiro atoms. The first-order chi connectivity index (χ1) is 10.0. The van der Waals surface area contributed by atoms with E-state index in [2.05, 4.69) is 43.8 Å². The van der Waals surface area contributed by atoms with Crippen molar-refractivity contribution in [2.24, 2.45) is 0 Å². The Kier molecular flexibility index (Phi) is 6.30. The van der Waals surface area contributed by atoms with Gasteiger partial charge in [0.15, 0.2) is 0 Å². The maximum atomic E-state index is 5.48. The van der Waals surface area contributed by atoms with Crippen molar-refractivity contribution >= 4 is 5.57 Å². The van der Waals surface area contributed by atoms with Crippen LogP contribution >= 0.6 is 0 Å². The van der Waals surface area contributed by atoms with Crippen LogP contribution in [0.4, 0.5) is 0 Å². The van der Waals surface area contributed by atoms with Crippen molar-refractivity contribution in [1.29, 1.82) is 0 Å². The predicted molar refractivity (Wildman–Crippen MR) is 93.7 cm³/mol. The molecule has 21 heavy (non-hydrogen) atoms. The summed E-state index contributed by atoms with van der Waals surface area (Å²) in [5.74, 6) is 2.68. The maximum Gasteiger partial charge on any atom is 0.0270 e. The van der Waals surface area contributed by atoms with Crippen LogP contribution in [0.25, 0.3) is 5.57 Å². The van der Waals surface area contributed by atoms with Crippen molar-refractivity contribution in [2.45, 2.75) is 20.8 Å². The minimum Gasteiger partial charge on any atom is -0.389 e. The number of nitrogens with one attached hydrogen (secondary N) is 1. The highest BCUT2D eigenvalue weighted by Crippen LogP contribution is 2.25. The van der Waals surface area contributed by atoms with Gasteiger partial charge in [0.25, 0.3) is 0 Å². The number of likely N-dealkylation sites (N-methyl/N-ethyl adjacent to an activating group) is 1. The highest BCUT2D eigenvalue weighted by atomic mass is 14.8. The molecule has 0 amide bonds. The fourth-order valence-electron chi connectivity index (χ4n) is 2.00. The van der Waals surface area contributed by atoms with Crippen molar-refractivity contribution in [3.8, 4) is 12.3 Å². The number of rotatable bonds is 5. The molecule has 0 radical (unpaired) electrons. The molecule has 0 atom stereocenters. The molecular weight excluding hydrogens is 254 g/mol. The van der Waals surface area contributed by atoms with E-state index in [9.17, 15) is 0 Å². The first-order valence-corrected chi connectivity index (χ1v) is 6.99. The average molecular weight is 277 g/mol. The topological polar surface area (TPSA) is 12.0 Å². The van der Waals surface area contributed by atoms with E-state index >= 15 is 0 Å². The van der Waals surface area contributed by atoms with Crippen LogP contribution in [0.15, 0.2) is 65.9 Å². The zero-order chi connectivity index (χ0) is 15.8. The molecule has 0 fully saturated rings. The van der Waals surface area contributed by atoms with Crippen molar-refractivity contribution in [1.82, 2.24) is 5.32 Å². The molecule has 0 aliphatic heterocycles. The number of benzene rings is 1. The summed E-state index contributed by atoms with van der Waals surface area (Å²) < 4.78 is 0. The van der Waals surface area contributed by atoms with Crippen LogP contribution in [0.1, 0.15) is 31.9 Å². The quantitative estimate of drug-likeness (QED) is 0.608. The molecule has 0 bridgehead atoms. The van der Waals surface area contributed by atoms with Crippen molar-refractivity contribution in [3.05, 3.63) is 77.0 Å². The smallest absolute Gasteiger partial charge is 0.0270 e. The van der Waals surface area contributed by atoms with Crippen LogP contribution in [0.2, 0.25) is 0 Å². The van der Waals surface area contributed by atoms with Gasteiger partial charge in [-0.15, -0.1) is 6.42 Å². The van der Waals surface area contributed by atoms with Gasteiger partial charge in [0.05, 0.1) is 0 Å². The summed E-state index contributed by atoms with van der Waals surface area (Å²) in [6, 6.07) is 8.06. The van der Waals surface area contributed by atoms with Crippen LogP contribution in [-0.4, -0.2) is 7.05 Å². The van der Waals surface area contributed by atoms with E-state index in [0.717, 1.165) is 22.4 Å². The normalized spacial score (nSPS) is 12.8. The molecule has 1 heteroatoms. The first-order valence-electron chi connectivity index (χ1n) is 6.99. The van der Waals surface area contributed by atoms with Gasteiger partial charge in [0.1, 0.15) is 0 Å². The Labute approximate surface area is 128 Å². The third-order valence-electron chi connectivity index (χ3n) is 3.45. The number of allylic oxidation sites excluding steroid dienone is 6. The molecular formula is C20H23N. The molecule has 0 unspecified atom stereocenters. The van der Waals surface area contributed by atoms with E-state index in [-0.39, 0.29) is 0 Å². The van der Waals surface area contributed by atoms with Gasteiger partial charge in [-0.25, -0.2) is 0 Å². The molecule has 0 heterocycles. The molecule has 108 valence electrons. The van der Waals surface area contributed by atoms with E-state index in [1.807, 2.05) is 44.3 Å². The summed E-state index contributed by atoms with van der Waals surface area (Å²) in [5.41, 5.74) is 6.48. The fourth-order valence-corrected chi connectivity index (χ4v) is 2.00. The van der Waals surface area contributed by atoms with E-state index in [1.165, 1.54) is 11.1 Å². The molecule has 1 aromatic rings. The summed E-state index contributed by atoms with van der Waals surface area (Å²) in [6.07, 6.45) is 11.6. The van der Waals surface area contributed by atoms with Crippen LogP contribution in [0.5, 0.6) is 0 Å². The van der Waals surface area contributed by atoms with Gasteiger partial charge in [0.2, 0.25) is 0 Å². The van der Waals surface area contributed by atoms with Gasteiger partial charge in [-0.2, -0.15) is 0 Å². The van der Waals surface area contributed by atoms with Crippen molar-refractivity contribution in [3.63, 3.8) is 0 Å². The molecule has 1 nitrogen and oxygen atoms in total. The molecule has 0 aliphatic rings. The third kappa shape index (κ3) is 4.54. The Hall–Kier alpha value is -2.46. The largest absolute Gasteiger partial charge is 0.389 e. The summed E-state index contributed by atoms with van der Waals surface area (Å²) in [4.78, 5) is 0. The second-order valence-corrected chi connectivity index (χ2v) is 4.85. The Morgan fingerprint density at radius 3 is 2.62 bits per heavy atom. The van der Waals surface area contributed by atoms with Gasteiger partial charge in [-0.05, 0) is 61.3 Å². The van der Waals surface area contributed by atoms with Gasteiger partial charge in [-0.1, -0.05) is 36.8 Å². The summed E-state index contributed by atoms with van der Waals surface area (Å²) in [7, 11) is 1.87. The lowest BCUT2D eigenvalue weighted by Crippen LogP contribution is -2.02. The molecule has 1 N–H and O–H groups in total. The summed E-state index contributed by atoms with van der Waals surface area (Å²) in [5, 5.41) is 3.05. The zero-order valence-corrected chi connectivity index (χ0v) is 13.3. The van der Waals surface area contributed by atoms with E-state index in [0.29, 0.717) is 0 Å². The SMILES string of the molecule is C#Cc1cccc(\C(C)=C(C)/C(/C=C\C)=C/C(=C)NC)c1. The number of terminal acetylenes is 1. The average Bonchev–Trinajstić information content (AvgIpc) is 2.52. The monoisotopic (exact) mass is 277 g/mol. The zero-order valence-electron chi connectivity index (χ0n) is 13.3. The molecule has 0 saturated carbocycles. The van der Waals surface area contributed by atoms with Crippen LogP contribution in [0.3, 0.4) is 0 Å².